The Morgan fingerprint density at radius 2 is 2.23 bits per heavy atom. The molecule has 2 N–H and O–H groups in total. The summed E-state index contributed by atoms with van der Waals surface area (Å²) in [7, 11) is 0. The highest BCUT2D eigenvalue weighted by molar-refractivity contribution is 9.10. The fourth-order valence-electron chi connectivity index (χ4n) is 3.20. The van der Waals surface area contributed by atoms with E-state index in [-0.39, 0.29) is 15.7 Å². The Labute approximate surface area is 87.4 Å². The maximum atomic E-state index is 12.0. The molecule has 2 rings (SSSR count). The Hall–Kier alpha value is 0.110. The van der Waals surface area contributed by atoms with Crippen molar-refractivity contribution in [2.45, 2.75) is 31.5 Å². The molecule has 0 saturated heterocycles. The maximum Gasteiger partial charge on any atom is 0.153 e. The molecule has 13 heavy (non-hydrogen) atoms. The van der Waals surface area contributed by atoms with E-state index in [2.05, 4.69) is 29.8 Å². The molecule has 74 valence electrons. The van der Waals surface area contributed by atoms with Crippen LogP contribution in [-0.2, 0) is 4.79 Å². The highest BCUT2D eigenvalue weighted by atomic mass is 79.9. The molecule has 4 unspecified atom stereocenters. The van der Waals surface area contributed by atoms with Gasteiger partial charge in [0.1, 0.15) is 0 Å². The molecular formula is C10H16BrNO. The van der Waals surface area contributed by atoms with Crippen molar-refractivity contribution in [3.05, 3.63) is 0 Å². The predicted molar refractivity (Wildman–Crippen MR) is 55.7 cm³/mol. The van der Waals surface area contributed by atoms with Gasteiger partial charge in [0.25, 0.3) is 0 Å². The Morgan fingerprint density at radius 3 is 2.54 bits per heavy atom. The monoisotopic (exact) mass is 245 g/mol. The summed E-state index contributed by atoms with van der Waals surface area (Å²) in [5, 5.41) is 0. The van der Waals surface area contributed by atoms with Gasteiger partial charge in [0.2, 0.25) is 0 Å². The molecule has 0 aromatic rings. The van der Waals surface area contributed by atoms with E-state index in [1.807, 2.05) is 0 Å². The second-order valence-electron chi connectivity index (χ2n) is 4.86. The SMILES string of the molecule is CC12CCC(C(Br)C1=O)C2(C)CN. The van der Waals surface area contributed by atoms with Crippen LogP contribution < -0.4 is 5.73 Å². The molecule has 0 radical (unpaired) electrons. The summed E-state index contributed by atoms with van der Waals surface area (Å²) in [6.07, 6.45) is 2.16. The van der Waals surface area contributed by atoms with Crippen molar-refractivity contribution in [1.82, 2.24) is 0 Å². The second-order valence-corrected chi connectivity index (χ2v) is 5.85. The van der Waals surface area contributed by atoms with Gasteiger partial charge in [-0.1, -0.05) is 29.8 Å². The molecule has 0 aromatic heterocycles. The van der Waals surface area contributed by atoms with Gasteiger partial charge < -0.3 is 5.73 Å². The van der Waals surface area contributed by atoms with Gasteiger partial charge in [-0.3, -0.25) is 4.79 Å². The van der Waals surface area contributed by atoms with Crippen molar-refractivity contribution in [2.75, 3.05) is 6.54 Å². The zero-order chi connectivity index (χ0) is 9.85. The summed E-state index contributed by atoms with van der Waals surface area (Å²) in [6.45, 7) is 4.88. The zero-order valence-corrected chi connectivity index (χ0v) is 9.73. The third kappa shape index (κ3) is 0.852. The average Bonchev–Trinajstić information content (AvgIpc) is 2.44. The van der Waals surface area contributed by atoms with Crippen LogP contribution in [0.25, 0.3) is 0 Å². The third-order valence-corrected chi connectivity index (χ3v) is 5.66. The van der Waals surface area contributed by atoms with Crippen LogP contribution in [0.3, 0.4) is 0 Å². The summed E-state index contributed by atoms with van der Waals surface area (Å²) in [5.74, 6) is 0.826. The summed E-state index contributed by atoms with van der Waals surface area (Å²) in [6, 6.07) is 0. The van der Waals surface area contributed by atoms with Crippen LogP contribution in [-0.4, -0.2) is 17.2 Å². The summed E-state index contributed by atoms with van der Waals surface area (Å²) in [5.41, 5.74) is 5.69. The summed E-state index contributed by atoms with van der Waals surface area (Å²) >= 11 is 3.51. The number of hydrogen-bond donors (Lipinski definition) is 1. The number of nitrogens with two attached hydrogens (primary N) is 1. The fraction of sp³-hybridized carbons (Fsp3) is 0.900. The molecule has 2 fully saturated rings. The molecule has 2 saturated carbocycles. The van der Waals surface area contributed by atoms with E-state index >= 15 is 0 Å². The number of rotatable bonds is 1. The number of carbonyl (C=O) groups is 1. The molecule has 0 spiro atoms. The van der Waals surface area contributed by atoms with Crippen molar-refractivity contribution in [2.24, 2.45) is 22.5 Å². The minimum absolute atomic E-state index is 0.0260. The highest BCUT2D eigenvalue weighted by Crippen LogP contribution is 2.64. The van der Waals surface area contributed by atoms with E-state index in [0.29, 0.717) is 18.2 Å². The smallest absolute Gasteiger partial charge is 0.153 e. The largest absolute Gasteiger partial charge is 0.330 e. The Balaban J connectivity index is 2.49. The number of carbonyl (C=O) groups excluding carboxylic acids is 1. The number of ketones is 1. The van der Waals surface area contributed by atoms with E-state index in [1.54, 1.807) is 0 Å². The molecular weight excluding hydrogens is 230 g/mol. The number of fused-ring (bicyclic) bond motifs is 2. The Kier molecular flexibility index (Phi) is 1.91. The van der Waals surface area contributed by atoms with E-state index < -0.39 is 0 Å². The van der Waals surface area contributed by atoms with Crippen molar-refractivity contribution in [3.8, 4) is 0 Å². The summed E-state index contributed by atoms with van der Waals surface area (Å²) in [4.78, 5) is 12.0. The van der Waals surface area contributed by atoms with Gasteiger partial charge in [-0.05, 0) is 30.7 Å². The predicted octanol–water partition coefficient (Wildman–Crippen LogP) is 1.71. The number of alkyl halides is 1. The molecule has 2 bridgehead atoms. The van der Waals surface area contributed by atoms with E-state index in [1.165, 1.54) is 0 Å². The lowest BCUT2D eigenvalue weighted by Crippen LogP contribution is -2.40. The van der Waals surface area contributed by atoms with Crippen molar-refractivity contribution in [3.63, 3.8) is 0 Å². The maximum absolute atomic E-state index is 12.0. The lowest BCUT2D eigenvalue weighted by atomic mass is 9.69. The third-order valence-electron chi connectivity index (χ3n) is 4.61. The molecule has 2 nitrogen and oxygen atoms in total. The quantitative estimate of drug-likeness (QED) is 0.716. The normalized spacial score (nSPS) is 54.6. The first-order chi connectivity index (χ1) is 5.97. The molecule has 2 aliphatic rings. The Bertz CT molecular complexity index is 268. The van der Waals surface area contributed by atoms with Crippen LogP contribution in [0.4, 0.5) is 0 Å². The average molecular weight is 246 g/mol. The number of halogens is 1. The lowest BCUT2D eigenvalue weighted by Gasteiger charge is -2.35. The number of Topliss-reactive ketones (excluding diaryl/α,β-unsaturated/α-hetero) is 1. The van der Waals surface area contributed by atoms with Gasteiger partial charge in [-0.15, -0.1) is 0 Å². The van der Waals surface area contributed by atoms with Crippen molar-refractivity contribution in [1.29, 1.82) is 0 Å². The van der Waals surface area contributed by atoms with Crippen molar-refractivity contribution >= 4 is 21.7 Å². The minimum Gasteiger partial charge on any atom is -0.330 e. The van der Waals surface area contributed by atoms with Gasteiger partial charge in [0, 0.05) is 5.41 Å². The van der Waals surface area contributed by atoms with E-state index in [4.69, 9.17) is 5.73 Å². The van der Waals surface area contributed by atoms with Gasteiger partial charge in [0.05, 0.1) is 4.83 Å². The van der Waals surface area contributed by atoms with Crippen LogP contribution in [0.1, 0.15) is 26.7 Å². The summed E-state index contributed by atoms with van der Waals surface area (Å²) < 4.78 is 0. The standard InChI is InChI=1S/C10H16BrNO/c1-9-4-3-6(7(11)8(9)13)10(9,2)5-12/h6-7H,3-5,12H2,1-2H3. The van der Waals surface area contributed by atoms with E-state index in [9.17, 15) is 4.79 Å². The molecule has 0 aliphatic heterocycles. The van der Waals surface area contributed by atoms with Crippen LogP contribution in [0.5, 0.6) is 0 Å². The first-order valence-corrected chi connectivity index (χ1v) is 5.77. The fourth-order valence-corrected chi connectivity index (χ4v) is 4.55. The van der Waals surface area contributed by atoms with Crippen LogP contribution in [0.15, 0.2) is 0 Å². The van der Waals surface area contributed by atoms with Gasteiger partial charge >= 0.3 is 0 Å². The molecule has 0 aromatic carbocycles. The van der Waals surface area contributed by atoms with Crippen LogP contribution >= 0.6 is 15.9 Å². The lowest BCUT2D eigenvalue weighted by molar-refractivity contribution is -0.127. The molecule has 4 atom stereocenters. The minimum atomic E-state index is -0.166. The second kappa shape index (κ2) is 2.57. The van der Waals surface area contributed by atoms with Gasteiger partial charge in [-0.2, -0.15) is 0 Å². The number of hydrogen-bond acceptors (Lipinski definition) is 2. The van der Waals surface area contributed by atoms with E-state index in [0.717, 1.165) is 12.8 Å². The topological polar surface area (TPSA) is 43.1 Å². The molecule has 0 amide bonds. The first-order valence-electron chi connectivity index (χ1n) is 4.86. The van der Waals surface area contributed by atoms with Crippen LogP contribution in [0.2, 0.25) is 0 Å². The van der Waals surface area contributed by atoms with Gasteiger partial charge in [0.15, 0.2) is 5.78 Å². The molecule has 3 heteroatoms. The Morgan fingerprint density at radius 1 is 1.62 bits per heavy atom. The van der Waals surface area contributed by atoms with Gasteiger partial charge in [-0.25, -0.2) is 0 Å². The first kappa shape index (κ1) is 9.66. The van der Waals surface area contributed by atoms with Crippen LogP contribution in [0, 0.1) is 16.7 Å². The zero-order valence-electron chi connectivity index (χ0n) is 8.14. The highest BCUT2D eigenvalue weighted by Gasteiger charge is 2.67. The molecule has 2 aliphatic carbocycles. The van der Waals surface area contributed by atoms with Crippen molar-refractivity contribution < 1.29 is 4.79 Å². The molecule has 0 heterocycles.